The van der Waals surface area contributed by atoms with Gasteiger partial charge in [-0.05, 0) is 25.0 Å². The Balaban J connectivity index is 2.33. The molecular weight excluding hydrogens is 246 g/mol. The maximum Gasteiger partial charge on any atom is 0.233 e. The van der Waals surface area contributed by atoms with E-state index in [1.165, 1.54) is 6.42 Å². The molecule has 1 N–H and O–H groups in total. The number of hydrogen-bond acceptors (Lipinski definition) is 3. The Morgan fingerprint density at radius 1 is 1.62 bits per heavy atom. The van der Waals surface area contributed by atoms with Crippen molar-refractivity contribution in [1.82, 2.24) is 5.32 Å². The lowest BCUT2D eigenvalue weighted by Gasteiger charge is -2.24. The van der Waals surface area contributed by atoms with Crippen molar-refractivity contribution in [2.45, 2.75) is 37.0 Å². The highest BCUT2D eigenvalue weighted by Gasteiger charge is 2.23. The van der Waals surface area contributed by atoms with E-state index in [4.69, 9.17) is 16.3 Å². The second-order valence-electron chi connectivity index (χ2n) is 3.99. The van der Waals surface area contributed by atoms with E-state index in [1.807, 2.05) is 0 Å². The zero-order chi connectivity index (χ0) is 11.8. The molecule has 5 heteroatoms. The van der Waals surface area contributed by atoms with Gasteiger partial charge in [0.2, 0.25) is 5.91 Å². The molecule has 1 amide bonds. The van der Waals surface area contributed by atoms with E-state index in [-0.39, 0.29) is 17.2 Å². The fourth-order valence-electron chi connectivity index (χ4n) is 1.77. The van der Waals surface area contributed by atoms with Crippen LogP contribution >= 0.6 is 23.4 Å². The monoisotopic (exact) mass is 265 g/mol. The molecule has 0 saturated carbocycles. The highest BCUT2D eigenvalue weighted by Crippen LogP contribution is 2.25. The molecule has 1 aliphatic heterocycles. The van der Waals surface area contributed by atoms with Crippen LogP contribution in [0.4, 0.5) is 0 Å². The van der Waals surface area contributed by atoms with Crippen molar-refractivity contribution in [2.75, 3.05) is 25.3 Å². The van der Waals surface area contributed by atoms with E-state index < -0.39 is 0 Å². The highest BCUT2D eigenvalue weighted by molar-refractivity contribution is 8.00. The summed E-state index contributed by atoms with van der Waals surface area (Å²) >= 11 is 7.45. The van der Waals surface area contributed by atoms with Crippen molar-refractivity contribution in [3.8, 4) is 0 Å². The van der Waals surface area contributed by atoms with Crippen LogP contribution in [0.25, 0.3) is 0 Å². The average molecular weight is 266 g/mol. The first-order valence-corrected chi connectivity index (χ1v) is 7.33. The van der Waals surface area contributed by atoms with Crippen LogP contribution < -0.4 is 5.32 Å². The first-order valence-electron chi connectivity index (χ1n) is 5.74. The summed E-state index contributed by atoms with van der Waals surface area (Å²) in [5.41, 5.74) is 0. The molecule has 1 fully saturated rings. The third-order valence-electron chi connectivity index (χ3n) is 2.64. The molecule has 94 valence electrons. The molecule has 0 aliphatic carbocycles. The predicted octanol–water partition coefficient (Wildman–Crippen LogP) is 2.03. The van der Waals surface area contributed by atoms with Gasteiger partial charge < -0.3 is 10.1 Å². The summed E-state index contributed by atoms with van der Waals surface area (Å²) in [6.45, 7) is 0.538. The molecule has 0 aromatic rings. The molecule has 0 aromatic carbocycles. The van der Waals surface area contributed by atoms with Crippen LogP contribution in [-0.2, 0) is 9.53 Å². The number of hydrogen-bond donors (Lipinski definition) is 1. The summed E-state index contributed by atoms with van der Waals surface area (Å²) in [5, 5.41) is 3.15. The minimum atomic E-state index is 0.0533. The van der Waals surface area contributed by atoms with Crippen LogP contribution in [-0.4, -0.2) is 42.5 Å². The summed E-state index contributed by atoms with van der Waals surface area (Å²) in [5.74, 6) is 1.80. The van der Waals surface area contributed by atoms with E-state index in [1.54, 1.807) is 18.9 Å². The van der Waals surface area contributed by atoms with Gasteiger partial charge in [-0.1, -0.05) is 6.42 Å². The number of amides is 1. The maximum atomic E-state index is 11.9. The lowest BCUT2D eigenvalue weighted by atomic mass is 10.1. The van der Waals surface area contributed by atoms with Crippen LogP contribution in [0.1, 0.15) is 25.7 Å². The van der Waals surface area contributed by atoms with Crippen LogP contribution in [0.5, 0.6) is 0 Å². The summed E-state index contributed by atoms with van der Waals surface area (Å²) < 4.78 is 5.06. The van der Waals surface area contributed by atoms with Gasteiger partial charge in [-0.15, -0.1) is 23.4 Å². The van der Waals surface area contributed by atoms with Crippen molar-refractivity contribution in [1.29, 1.82) is 0 Å². The molecule has 0 radical (unpaired) electrons. The van der Waals surface area contributed by atoms with Crippen LogP contribution in [0.15, 0.2) is 0 Å². The Morgan fingerprint density at radius 3 is 3.00 bits per heavy atom. The van der Waals surface area contributed by atoms with Gasteiger partial charge in [0.1, 0.15) is 0 Å². The zero-order valence-corrected chi connectivity index (χ0v) is 11.3. The zero-order valence-electron chi connectivity index (χ0n) is 9.71. The van der Waals surface area contributed by atoms with E-state index in [0.29, 0.717) is 12.5 Å². The van der Waals surface area contributed by atoms with Gasteiger partial charge in [-0.2, -0.15) is 0 Å². The number of thioether (sulfide) groups is 1. The highest BCUT2D eigenvalue weighted by atomic mass is 35.5. The number of nitrogens with one attached hydrogen (secondary N) is 1. The molecule has 1 saturated heterocycles. The Bertz CT molecular complexity index is 204. The number of alkyl halides is 1. The molecule has 0 spiro atoms. The lowest BCUT2D eigenvalue weighted by molar-refractivity contribution is -0.121. The van der Waals surface area contributed by atoms with Crippen LogP contribution in [0, 0.1) is 0 Å². The number of rotatable bonds is 6. The van der Waals surface area contributed by atoms with Crippen LogP contribution in [0.2, 0.25) is 0 Å². The number of ether oxygens (including phenoxy) is 1. The maximum absolute atomic E-state index is 11.9. The third-order valence-corrected chi connectivity index (χ3v) is 4.24. The molecule has 3 nitrogen and oxygen atoms in total. The Hall–Kier alpha value is 0.0700. The van der Waals surface area contributed by atoms with E-state index in [9.17, 15) is 4.79 Å². The minimum absolute atomic E-state index is 0.0533. The molecule has 2 atom stereocenters. The molecular formula is C11H20ClNO2S. The largest absolute Gasteiger partial charge is 0.383 e. The lowest BCUT2D eigenvalue weighted by Crippen LogP contribution is -2.43. The Kier molecular flexibility index (Phi) is 7.25. The van der Waals surface area contributed by atoms with Crippen LogP contribution in [0.3, 0.4) is 0 Å². The van der Waals surface area contributed by atoms with Crippen molar-refractivity contribution in [2.24, 2.45) is 0 Å². The quantitative estimate of drug-likeness (QED) is 0.747. The second kappa shape index (κ2) is 8.20. The standard InChI is InChI=1S/C11H20ClNO2S/c1-15-8-9(5-6-12)13-11(14)10-4-2-3-7-16-10/h9-10H,2-8H2,1H3,(H,13,14). The molecule has 1 rings (SSSR count). The molecule has 1 aliphatic rings. The fraction of sp³-hybridized carbons (Fsp3) is 0.909. The van der Waals surface area contributed by atoms with Crippen molar-refractivity contribution < 1.29 is 9.53 Å². The van der Waals surface area contributed by atoms with Gasteiger partial charge in [0.05, 0.1) is 17.9 Å². The first kappa shape index (κ1) is 14.1. The topological polar surface area (TPSA) is 38.3 Å². The number of carbonyl (C=O) groups excluding carboxylic acids is 1. The molecule has 1 heterocycles. The van der Waals surface area contributed by atoms with Gasteiger partial charge in [0.25, 0.3) is 0 Å². The Morgan fingerprint density at radius 2 is 2.44 bits per heavy atom. The van der Waals surface area contributed by atoms with E-state index >= 15 is 0 Å². The molecule has 0 bridgehead atoms. The molecule has 16 heavy (non-hydrogen) atoms. The minimum Gasteiger partial charge on any atom is -0.383 e. The number of carbonyl (C=O) groups is 1. The van der Waals surface area contributed by atoms with Crippen molar-refractivity contribution in [3.05, 3.63) is 0 Å². The predicted molar refractivity (Wildman–Crippen MR) is 69.2 cm³/mol. The summed E-state index contributed by atoms with van der Waals surface area (Å²) in [6.07, 6.45) is 4.16. The summed E-state index contributed by atoms with van der Waals surface area (Å²) in [4.78, 5) is 11.9. The first-order chi connectivity index (χ1) is 7.77. The second-order valence-corrected chi connectivity index (χ2v) is 5.68. The van der Waals surface area contributed by atoms with Gasteiger partial charge in [0.15, 0.2) is 0 Å². The normalized spacial score (nSPS) is 22.8. The molecule has 0 aromatic heterocycles. The van der Waals surface area contributed by atoms with E-state index in [2.05, 4.69) is 5.32 Å². The van der Waals surface area contributed by atoms with Gasteiger partial charge >= 0.3 is 0 Å². The SMILES string of the molecule is COCC(CCCl)NC(=O)C1CCCCS1. The Labute approximate surface area is 107 Å². The van der Waals surface area contributed by atoms with Gasteiger partial charge in [0, 0.05) is 13.0 Å². The summed E-state index contributed by atoms with van der Waals surface area (Å²) in [7, 11) is 1.64. The van der Waals surface area contributed by atoms with Crippen molar-refractivity contribution >= 4 is 29.3 Å². The number of methoxy groups -OCH3 is 1. The summed E-state index contributed by atoms with van der Waals surface area (Å²) in [6, 6.07) is 0.0533. The van der Waals surface area contributed by atoms with Crippen molar-refractivity contribution in [3.63, 3.8) is 0 Å². The fourth-order valence-corrected chi connectivity index (χ4v) is 3.24. The van der Waals surface area contributed by atoms with Gasteiger partial charge in [-0.25, -0.2) is 0 Å². The smallest absolute Gasteiger partial charge is 0.233 e. The van der Waals surface area contributed by atoms with Gasteiger partial charge in [-0.3, -0.25) is 4.79 Å². The van der Waals surface area contributed by atoms with E-state index in [0.717, 1.165) is 25.0 Å². The average Bonchev–Trinajstić information content (AvgIpc) is 2.31. The number of halogens is 1. The third kappa shape index (κ3) is 4.93. The molecule has 2 unspecified atom stereocenters.